The minimum absolute atomic E-state index is 0.295. The highest BCUT2D eigenvalue weighted by molar-refractivity contribution is 6.30. The van der Waals surface area contributed by atoms with Crippen molar-refractivity contribution in [2.24, 2.45) is 5.84 Å². The van der Waals surface area contributed by atoms with Crippen LogP contribution in [0.2, 0.25) is 5.02 Å². The molecule has 1 atom stereocenters. The van der Waals surface area contributed by atoms with Gasteiger partial charge in [-0.05, 0) is 30.3 Å². The fourth-order valence-electron chi connectivity index (χ4n) is 2.23. The summed E-state index contributed by atoms with van der Waals surface area (Å²) >= 11 is 6.03. The van der Waals surface area contributed by atoms with Crippen LogP contribution in [0, 0.1) is 5.82 Å². The molecule has 2 aromatic carbocycles. The molecule has 0 fully saturated rings. The van der Waals surface area contributed by atoms with E-state index < -0.39 is 11.9 Å². The van der Waals surface area contributed by atoms with E-state index in [1.165, 1.54) is 20.3 Å². The minimum atomic E-state index is -0.658. The van der Waals surface area contributed by atoms with E-state index in [2.05, 4.69) is 5.43 Å². The molecule has 0 aliphatic carbocycles. The van der Waals surface area contributed by atoms with Gasteiger partial charge in [0.1, 0.15) is 17.3 Å². The average molecular weight is 311 g/mol. The average Bonchev–Trinajstić information content (AvgIpc) is 2.49. The first-order valence-corrected chi connectivity index (χ1v) is 6.62. The zero-order valence-electron chi connectivity index (χ0n) is 11.7. The van der Waals surface area contributed by atoms with E-state index in [-0.39, 0.29) is 0 Å². The number of halogens is 2. The van der Waals surface area contributed by atoms with E-state index in [1.807, 2.05) is 0 Å². The number of ether oxygens (including phenoxy) is 2. The molecular weight excluding hydrogens is 295 g/mol. The van der Waals surface area contributed by atoms with Gasteiger partial charge < -0.3 is 9.47 Å². The molecule has 0 radical (unpaired) electrons. The number of methoxy groups -OCH3 is 2. The Hall–Kier alpha value is -1.82. The second kappa shape index (κ2) is 6.76. The molecule has 2 rings (SSSR count). The molecule has 0 amide bonds. The molecule has 2 aromatic rings. The van der Waals surface area contributed by atoms with Crippen LogP contribution >= 0.6 is 11.6 Å². The molecule has 0 heterocycles. The molecule has 0 aromatic heterocycles. The van der Waals surface area contributed by atoms with Gasteiger partial charge in [0.25, 0.3) is 0 Å². The molecule has 0 saturated heterocycles. The predicted octanol–water partition coefficient (Wildman–Crippen LogP) is 3.05. The van der Waals surface area contributed by atoms with E-state index in [0.29, 0.717) is 27.6 Å². The number of hydrogen-bond acceptors (Lipinski definition) is 4. The van der Waals surface area contributed by atoms with Crippen LogP contribution in [-0.2, 0) is 0 Å². The molecule has 112 valence electrons. The second-order valence-corrected chi connectivity index (χ2v) is 4.78. The van der Waals surface area contributed by atoms with Crippen LogP contribution < -0.4 is 20.7 Å². The van der Waals surface area contributed by atoms with Crippen LogP contribution in [0.25, 0.3) is 0 Å². The third kappa shape index (κ3) is 3.10. The summed E-state index contributed by atoms with van der Waals surface area (Å²) in [7, 11) is 3.00. The Morgan fingerprint density at radius 1 is 1.14 bits per heavy atom. The van der Waals surface area contributed by atoms with Crippen molar-refractivity contribution in [3.05, 3.63) is 58.4 Å². The molecule has 0 aliphatic rings. The summed E-state index contributed by atoms with van der Waals surface area (Å²) in [5.41, 5.74) is 3.51. The Bertz CT molecular complexity index is 637. The van der Waals surface area contributed by atoms with Gasteiger partial charge in [-0.3, -0.25) is 5.84 Å². The first-order valence-electron chi connectivity index (χ1n) is 6.24. The Kier molecular flexibility index (Phi) is 5.01. The quantitative estimate of drug-likeness (QED) is 0.658. The van der Waals surface area contributed by atoms with Crippen LogP contribution in [0.1, 0.15) is 17.2 Å². The summed E-state index contributed by atoms with van der Waals surface area (Å²) < 4.78 is 24.8. The normalized spacial score (nSPS) is 12.0. The monoisotopic (exact) mass is 310 g/mol. The molecule has 1 unspecified atom stereocenters. The lowest BCUT2D eigenvalue weighted by atomic mass is 9.97. The van der Waals surface area contributed by atoms with Gasteiger partial charge in [0.2, 0.25) is 0 Å². The van der Waals surface area contributed by atoms with Gasteiger partial charge in [0.15, 0.2) is 0 Å². The second-order valence-electron chi connectivity index (χ2n) is 4.34. The highest BCUT2D eigenvalue weighted by atomic mass is 35.5. The van der Waals surface area contributed by atoms with Crippen LogP contribution in [0.15, 0.2) is 36.4 Å². The third-order valence-corrected chi connectivity index (χ3v) is 3.43. The third-order valence-electron chi connectivity index (χ3n) is 3.19. The zero-order valence-corrected chi connectivity index (χ0v) is 12.4. The summed E-state index contributed by atoms with van der Waals surface area (Å²) in [4.78, 5) is 0. The van der Waals surface area contributed by atoms with E-state index in [4.69, 9.17) is 26.9 Å². The van der Waals surface area contributed by atoms with Crippen LogP contribution in [0.4, 0.5) is 4.39 Å². The van der Waals surface area contributed by atoms with Gasteiger partial charge in [-0.2, -0.15) is 0 Å². The minimum Gasteiger partial charge on any atom is -0.496 e. The standard InChI is InChI=1S/C15H16ClFN2O2/c1-20-12-7-6-9(16)8-10(12)15(19-18)14-11(17)4-3-5-13(14)21-2/h3-8,15,19H,18H2,1-2H3. The van der Waals surface area contributed by atoms with Gasteiger partial charge in [0.05, 0.1) is 25.8 Å². The Morgan fingerprint density at radius 2 is 1.86 bits per heavy atom. The molecule has 0 aliphatic heterocycles. The van der Waals surface area contributed by atoms with Crippen molar-refractivity contribution in [1.82, 2.24) is 5.43 Å². The largest absolute Gasteiger partial charge is 0.496 e. The van der Waals surface area contributed by atoms with Crippen molar-refractivity contribution in [2.75, 3.05) is 14.2 Å². The summed E-state index contributed by atoms with van der Waals surface area (Å²) in [6.07, 6.45) is 0. The first-order chi connectivity index (χ1) is 10.1. The maximum Gasteiger partial charge on any atom is 0.132 e. The zero-order chi connectivity index (χ0) is 15.4. The summed E-state index contributed by atoms with van der Waals surface area (Å²) in [5, 5.41) is 0.501. The fourth-order valence-corrected chi connectivity index (χ4v) is 2.42. The molecular formula is C15H16ClFN2O2. The number of benzene rings is 2. The molecule has 0 saturated carbocycles. The highest BCUT2D eigenvalue weighted by Gasteiger charge is 2.24. The Morgan fingerprint density at radius 3 is 2.48 bits per heavy atom. The van der Waals surface area contributed by atoms with Crippen LogP contribution in [-0.4, -0.2) is 14.2 Å². The Labute approximate surface area is 127 Å². The van der Waals surface area contributed by atoms with Crippen molar-refractivity contribution in [3.63, 3.8) is 0 Å². The van der Waals surface area contributed by atoms with E-state index in [9.17, 15) is 4.39 Å². The van der Waals surface area contributed by atoms with Crippen molar-refractivity contribution in [1.29, 1.82) is 0 Å². The van der Waals surface area contributed by atoms with Gasteiger partial charge in [-0.1, -0.05) is 17.7 Å². The van der Waals surface area contributed by atoms with Gasteiger partial charge >= 0.3 is 0 Å². The van der Waals surface area contributed by atoms with Crippen molar-refractivity contribution >= 4 is 11.6 Å². The van der Waals surface area contributed by atoms with Gasteiger partial charge in [-0.15, -0.1) is 0 Å². The van der Waals surface area contributed by atoms with Gasteiger partial charge in [-0.25, -0.2) is 9.82 Å². The number of hydrazine groups is 1. The summed E-state index contributed by atoms with van der Waals surface area (Å²) in [6, 6.07) is 9.00. The summed E-state index contributed by atoms with van der Waals surface area (Å²) in [5.74, 6) is 6.14. The first kappa shape index (κ1) is 15.6. The summed E-state index contributed by atoms with van der Waals surface area (Å²) in [6.45, 7) is 0. The molecule has 6 heteroatoms. The van der Waals surface area contributed by atoms with E-state index in [0.717, 1.165) is 0 Å². The SMILES string of the molecule is COc1ccc(Cl)cc1C(NN)c1c(F)cccc1OC. The number of rotatable bonds is 5. The molecule has 0 spiro atoms. The number of hydrogen-bond donors (Lipinski definition) is 2. The lowest BCUT2D eigenvalue weighted by molar-refractivity contribution is 0.388. The topological polar surface area (TPSA) is 56.5 Å². The molecule has 0 bridgehead atoms. The fraction of sp³-hybridized carbons (Fsp3) is 0.200. The molecule has 4 nitrogen and oxygen atoms in total. The van der Waals surface area contributed by atoms with Crippen LogP contribution in [0.3, 0.4) is 0 Å². The van der Waals surface area contributed by atoms with E-state index >= 15 is 0 Å². The van der Waals surface area contributed by atoms with Gasteiger partial charge in [0, 0.05) is 10.6 Å². The Balaban J connectivity index is 2.63. The van der Waals surface area contributed by atoms with Crippen LogP contribution in [0.5, 0.6) is 11.5 Å². The number of nitrogens with two attached hydrogens (primary N) is 1. The predicted molar refractivity (Wildman–Crippen MR) is 80.1 cm³/mol. The highest BCUT2D eigenvalue weighted by Crippen LogP contribution is 2.37. The lowest BCUT2D eigenvalue weighted by Crippen LogP contribution is -2.30. The maximum absolute atomic E-state index is 14.2. The lowest BCUT2D eigenvalue weighted by Gasteiger charge is -2.22. The molecule has 21 heavy (non-hydrogen) atoms. The molecule has 3 N–H and O–H groups in total. The van der Waals surface area contributed by atoms with Crippen molar-refractivity contribution in [3.8, 4) is 11.5 Å². The van der Waals surface area contributed by atoms with Crippen molar-refractivity contribution < 1.29 is 13.9 Å². The van der Waals surface area contributed by atoms with E-state index in [1.54, 1.807) is 30.3 Å². The smallest absolute Gasteiger partial charge is 0.132 e. The maximum atomic E-state index is 14.2. The van der Waals surface area contributed by atoms with Crippen molar-refractivity contribution in [2.45, 2.75) is 6.04 Å². The number of nitrogens with one attached hydrogen (secondary N) is 1.